The quantitative estimate of drug-likeness (QED) is 0.808. The number of imidazole rings is 1. The van der Waals surface area contributed by atoms with Gasteiger partial charge in [-0.15, -0.1) is 0 Å². The molecule has 6 rings (SSSR count). The van der Waals surface area contributed by atoms with Gasteiger partial charge in [-0.05, 0) is 74.8 Å². The lowest BCUT2D eigenvalue weighted by atomic mass is 9.54. The molecule has 0 spiro atoms. The van der Waals surface area contributed by atoms with Gasteiger partial charge in [-0.2, -0.15) is 0 Å². The normalized spacial score (nSPS) is 32.3. The molecule has 1 N–H and O–H groups in total. The maximum atomic E-state index is 12.7. The van der Waals surface area contributed by atoms with E-state index in [0.717, 1.165) is 46.4 Å². The average Bonchev–Trinajstić information content (AvgIpc) is 3.00. The molecule has 0 saturated heterocycles. The van der Waals surface area contributed by atoms with E-state index in [9.17, 15) is 4.79 Å². The number of hydrogen-bond acceptors (Lipinski definition) is 3. The van der Waals surface area contributed by atoms with Crippen LogP contribution < -0.4 is 5.32 Å². The Bertz CT molecular complexity index is 802. The van der Waals surface area contributed by atoms with Crippen LogP contribution in [0.5, 0.6) is 0 Å². The molecule has 2 aromatic rings. The highest BCUT2D eigenvalue weighted by Crippen LogP contribution is 2.53. The molecule has 0 radical (unpaired) electrons. The van der Waals surface area contributed by atoms with Crippen molar-refractivity contribution in [2.45, 2.75) is 56.8 Å². The van der Waals surface area contributed by atoms with Crippen LogP contribution in [0.3, 0.4) is 0 Å². The van der Waals surface area contributed by atoms with Crippen LogP contribution >= 0.6 is 11.8 Å². The number of amides is 1. The molecule has 5 heteroatoms. The average molecular weight is 370 g/mol. The Balaban J connectivity index is 1.24. The second-order valence-corrected chi connectivity index (χ2v) is 9.38. The molecule has 1 amide bonds. The molecule has 1 aromatic heterocycles. The Morgan fingerprint density at radius 1 is 1.15 bits per heavy atom. The first-order chi connectivity index (χ1) is 12.7. The molecule has 0 unspecified atom stereocenters. The number of thioether (sulfide) groups is 1. The summed E-state index contributed by atoms with van der Waals surface area (Å²) in [7, 11) is 0. The van der Waals surface area contributed by atoms with Gasteiger partial charge in [-0.1, -0.05) is 23.9 Å². The van der Waals surface area contributed by atoms with Gasteiger partial charge in [0.1, 0.15) is 0 Å². The van der Waals surface area contributed by atoms with E-state index in [1.54, 1.807) is 11.8 Å². The molecule has 4 nitrogen and oxygen atoms in total. The van der Waals surface area contributed by atoms with Crippen LogP contribution in [0.25, 0.3) is 11.0 Å². The Morgan fingerprint density at radius 3 is 2.54 bits per heavy atom. The van der Waals surface area contributed by atoms with E-state index in [-0.39, 0.29) is 5.91 Å². The number of hydrogen-bond donors (Lipinski definition) is 1. The summed E-state index contributed by atoms with van der Waals surface area (Å²) >= 11 is 1.57. The summed E-state index contributed by atoms with van der Waals surface area (Å²) in [5.74, 6) is 4.02. The van der Waals surface area contributed by atoms with Gasteiger partial charge in [0, 0.05) is 12.6 Å². The number of benzene rings is 1. The number of aromatic nitrogens is 2. The lowest BCUT2D eigenvalue weighted by Crippen LogP contribution is -2.56. The van der Waals surface area contributed by atoms with E-state index in [2.05, 4.69) is 22.9 Å². The highest BCUT2D eigenvalue weighted by atomic mass is 32.2. The summed E-state index contributed by atoms with van der Waals surface area (Å²) in [4.78, 5) is 17.4. The Morgan fingerprint density at radius 2 is 1.85 bits per heavy atom. The molecular weight excluding hydrogens is 342 g/mol. The number of carbonyl (C=O) groups excluding carboxylic acids is 1. The molecule has 26 heavy (non-hydrogen) atoms. The molecule has 1 heterocycles. The Labute approximate surface area is 159 Å². The van der Waals surface area contributed by atoms with Crippen LogP contribution in [-0.2, 0) is 11.3 Å². The molecule has 0 atom stereocenters. The number of aryl methyl sites for hydroxylation is 1. The van der Waals surface area contributed by atoms with E-state index in [1.807, 2.05) is 18.2 Å². The van der Waals surface area contributed by atoms with Gasteiger partial charge >= 0.3 is 0 Å². The second-order valence-electron chi connectivity index (χ2n) is 8.44. The van der Waals surface area contributed by atoms with Crippen molar-refractivity contribution in [3.05, 3.63) is 24.3 Å². The number of nitrogens with zero attached hydrogens (tertiary/aromatic N) is 2. The van der Waals surface area contributed by atoms with Crippen LogP contribution in [0.15, 0.2) is 29.4 Å². The van der Waals surface area contributed by atoms with Gasteiger partial charge in [0.05, 0.1) is 16.8 Å². The van der Waals surface area contributed by atoms with E-state index < -0.39 is 0 Å². The SMILES string of the molecule is CCn1c(SCC(=O)NC2C3CC4CC(C3)CC2C4)nc2ccccc21. The third-order valence-electron chi connectivity index (χ3n) is 6.82. The van der Waals surface area contributed by atoms with Crippen molar-refractivity contribution in [3.63, 3.8) is 0 Å². The van der Waals surface area contributed by atoms with E-state index in [0.29, 0.717) is 11.8 Å². The minimum atomic E-state index is 0.183. The summed E-state index contributed by atoms with van der Waals surface area (Å²) in [5, 5.41) is 4.36. The topological polar surface area (TPSA) is 46.9 Å². The zero-order valence-electron chi connectivity index (χ0n) is 15.4. The molecule has 138 valence electrons. The fourth-order valence-corrected chi connectivity index (χ4v) is 6.88. The van der Waals surface area contributed by atoms with Crippen molar-refractivity contribution in [1.82, 2.24) is 14.9 Å². The second kappa shape index (κ2) is 6.59. The molecule has 4 fully saturated rings. The van der Waals surface area contributed by atoms with Crippen LogP contribution in [0.1, 0.15) is 39.0 Å². The lowest BCUT2D eigenvalue weighted by Gasteiger charge is -2.54. The standard InChI is InChI=1S/C21H27N3OS/c1-2-24-18-6-4-3-5-17(18)22-21(24)26-12-19(25)23-20-15-8-13-7-14(10-15)11-16(20)9-13/h3-6,13-16,20H,2,7-12H2,1H3,(H,23,25). The maximum absolute atomic E-state index is 12.7. The number of rotatable bonds is 5. The minimum absolute atomic E-state index is 0.183. The summed E-state index contributed by atoms with van der Waals surface area (Å²) in [6, 6.07) is 8.64. The first-order valence-electron chi connectivity index (χ1n) is 10.1. The highest BCUT2D eigenvalue weighted by Gasteiger charge is 2.48. The van der Waals surface area contributed by atoms with Gasteiger partial charge in [0.25, 0.3) is 0 Å². The Kier molecular flexibility index (Phi) is 4.23. The first kappa shape index (κ1) is 16.7. The van der Waals surface area contributed by atoms with Crippen LogP contribution in [0.4, 0.5) is 0 Å². The van der Waals surface area contributed by atoms with Crippen molar-refractivity contribution in [1.29, 1.82) is 0 Å². The largest absolute Gasteiger partial charge is 0.352 e. The van der Waals surface area contributed by atoms with Crippen molar-refractivity contribution >= 4 is 28.7 Å². The summed E-state index contributed by atoms with van der Waals surface area (Å²) < 4.78 is 2.20. The van der Waals surface area contributed by atoms with Gasteiger partial charge in [-0.3, -0.25) is 4.79 Å². The van der Waals surface area contributed by atoms with Crippen molar-refractivity contribution in [2.75, 3.05) is 5.75 Å². The fraction of sp³-hybridized carbons (Fsp3) is 0.619. The Hall–Kier alpha value is -1.49. The first-order valence-corrected chi connectivity index (χ1v) is 11.1. The van der Waals surface area contributed by atoms with E-state index in [4.69, 9.17) is 4.98 Å². The van der Waals surface area contributed by atoms with Crippen LogP contribution in [-0.4, -0.2) is 27.3 Å². The number of para-hydroxylation sites is 2. The summed E-state index contributed by atoms with van der Waals surface area (Å²) in [6.07, 6.45) is 6.83. The van der Waals surface area contributed by atoms with Crippen molar-refractivity contribution < 1.29 is 4.79 Å². The van der Waals surface area contributed by atoms with Crippen molar-refractivity contribution in [2.24, 2.45) is 23.7 Å². The molecular formula is C21H27N3OS. The molecule has 4 saturated carbocycles. The highest BCUT2D eigenvalue weighted by molar-refractivity contribution is 7.99. The number of fused-ring (bicyclic) bond motifs is 1. The lowest BCUT2D eigenvalue weighted by molar-refractivity contribution is -0.122. The third kappa shape index (κ3) is 2.84. The van der Waals surface area contributed by atoms with E-state index >= 15 is 0 Å². The summed E-state index contributed by atoms with van der Waals surface area (Å²) in [5.41, 5.74) is 2.16. The van der Waals surface area contributed by atoms with Gasteiger partial charge in [0.15, 0.2) is 5.16 Å². The van der Waals surface area contributed by atoms with Crippen LogP contribution in [0, 0.1) is 23.7 Å². The molecule has 1 aromatic carbocycles. The maximum Gasteiger partial charge on any atom is 0.230 e. The zero-order valence-corrected chi connectivity index (χ0v) is 16.2. The predicted molar refractivity (Wildman–Crippen MR) is 105 cm³/mol. The molecule has 4 aliphatic rings. The molecule has 4 aliphatic carbocycles. The number of nitrogens with one attached hydrogen (secondary N) is 1. The fourth-order valence-electron chi connectivity index (χ4n) is 5.99. The molecule has 0 aliphatic heterocycles. The molecule has 4 bridgehead atoms. The van der Waals surface area contributed by atoms with Gasteiger partial charge < -0.3 is 9.88 Å². The van der Waals surface area contributed by atoms with E-state index in [1.165, 1.54) is 32.1 Å². The zero-order chi connectivity index (χ0) is 17.7. The monoisotopic (exact) mass is 369 g/mol. The van der Waals surface area contributed by atoms with Gasteiger partial charge in [-0.25, -0.2) is 4.98 Å². The van der Waals surface area contributed by atoms with Gasteiger partial charge in [0.2, 0.25) is 5.91 Å². The third-order valence-corrected chi connectivity index (χ3v) is 7.80. The number of carbonyl (C=O) groups is 1. The predicted octanol–water partition coefficient (Wildman–Crippen LogP) is 4.09. The summed E-state index contributed by atoms with van der Waals surface area (Å²) in [6.45, 7) is 3.01. The van der Waals surface area contributed by atoms with Crippen molar-refractivity contribution in [3.8, 4) is 0 Å². The minimum Gasteiger partial charge on any atom is -0.352 e. The van der Waals surface area contributed by atoms with Crippen LogP contribution in [0.2, 0.25) is 0 Å². The smallest absolute Gasteiger partial charge is 0.230 e.